The van der Waals surface area contributed by atoms with Crippen molar-refractivity contribution in [3.05, 3.63) is 51.5 Å². The average molecular weight is 319 g/mol. The molecule has 1 aromatic carbocycles. The van der Waals surface area contributed by atoms with Crippen molar-refractivity contribution < 1.29 is 8.78 Å². The van der Waals surface area contributed by atoms with Crippen molar-refractivity contribution >= 4 is 34.8 Å². The Labute approximate surface area is 123 Å². The fraction of sp³-hybridized carbons (Fsp3) is 0.0833. The molecule has 1 aromatic heterocycles. The van der Waals surface area contributed by atoms with Gasteiger partial charge in [0.25, 0.3) is 0 Å². The summed E-state index contributed by atoms with van der Waals surface area (Å²) < 4.78 is 26.3. The fourth-order valence-corrected chi connectivity index (χ4v) is 2.02. The SMILES string of the molecule is NNc1nc(NCc2ccc(F)cc2F)c(Cl)cc1Cl. The van der Waals surface area contributed by atoms with E-state index < -0.39 is 11.6 Å². The van der Waals surface area contributed by atoms with Crippen LogP contribution in [0.4, 0.5) is 20.4 Å². The van der Waals surface area contributed by atoms with Gasteiger partial charge in [-0.1, -0.05) is 29.3 Å². The number of nitrogens with zero attached hydrogens (tertiary/aromatic N) is 1. The Morgan fingerprint density at radius 3 is 2.45 bits per heavy atom. The number of hydrazine groups is 1. The van der Waals surface area contributed by atoms with Crippen LogP contribution >= 0.6 is 23.2 Å². The number of hydrogen-bond acceptors (Lipinski definition) is 4. The molecule has 20 heavy (non-hydrogen) atoms. The highest BCUT2D eigenvalue weighted by atomic mass is 35.5. The zero-order valence-electron chi connectivity index (χ0n) is 10.1. The Morgan fingerprint density at radius 2 is 1.80 bits per heavy atom. The lowest BCUT2D eigenvalue weighted by molar-refractivity contribution is 0.574. The molecule has 0 aliphatic carbocycles. The highest BCUT2D eigenvalue weighted by Crippen LogP contribution is 2.29. The van der Waals surface area contributed by atoms with E-state index in [1.165, 1.54) is 18.2 Å². The van der Waals surface area contributed by atoms with E-state index in [9.17, 15) is 8.78 Å². The van der Waals surface area contributed by atoms with Gasteiger partial charge in [-0.2, -0.15) is 0 Å². The molecule has 1 heterocycles. The van der Waals surface area contributed by atoms with E-state index in [4.69, 9.17) is 29.0 Å². The molecule has 106 valence electrons. The lowest BCUT2D eigenvalue weighted by atomic mass is 10.2. The van der Waals surface area contributed by atoms with Crippen LogP contribution in [0.5, 0.6) is 0 Å². The van der Waals surface area contributed by atoms with Gasteiger partial charge in [-0.25, -0.2) is 19.6 Å². The number of anilines is 2. The molecule has 4 N–H and O–H groups in total. The van der Waals surface area contributed by atoms with Gasteiger partial charge in [0.05, 0.1) is 10.0 Å². The molecule has 0 unspecified atom stereocenters. The van der Waals surface area contributed by atoms with Crippen LogP contribution in [0.2, 0.25) is 10.0 Å². The summed E-state index contributed by atoms with van der Waals surface area (Å²) in [4.78, 5) is 4.04. The average Bonchev–Trinajstić information content (AvgIpc) is 2.39. The first-order valence-electron chi connectivity index (χ1n) is 5.51. The van der Waals surface area contributed by atoms with Gasteiger partial charge >= 0.3 is 0 Å². The predicted molar refractivity (Wildman–Crippen MR) is 75.8 cm³/mol. The molecule has 0 saturated heterocycles. The summed E-state index contributed by atoms with van der Waals surface area (Å²) in [7, 11) is 0. The summed E-state index contributed by atoms with van der Waals surface area (Å²) in [5, 5.41) is 3.35. The van der Waals surface area contributed by atoms with Gasteiger partial charge in [0.15, 0.2) is 5.82 Å². The molecule has 2 rings (SSSR count). The van der Waals surface area contributed by atoms with E-state index in [-0.39, 0.29) is 33.8 Å². The highest BCUT2D eigenvalue weighted by Gasteiger charge is 2.10. The monoisotopic (exact) mass is 318 g/mol. The van der Waals surface area contributed by atoms with Gasteiger partial charge in [0.2, 0.25) is 0 Å². The second kappa shape index (κ2) is 6.21. The summed E-state index contributed by atoms with van der Waals surface area (Å²) in [5.74, 6) is 4.48. The van der Waals surface area contributed by atoms with Crippen molar-refractivity contribution in [1.82, 2.24) is 4.98 Å². The number of nitrogens with one attached hydrogen (secondary N) is 2. The van der Waals surface area contributed by atoms with Crippen molar-refractivity contribution in [3.63, 3.8) is 0 Å². The predicted octanol–water partition coefficient (Wildman–Crippen LogP) is 3.56. The molecular weight excluding hydrogens is 309 g/mol. The molecule has 4 nitrogen and oxygen atoms in total. The van der Waals surface area contributed by atoms with E-state index in [1.807, 2.05) is 0 Å². The molecule has 0 atom stereocenters. The van der Waals surface area contributed by atoms with Gasteiger partial charge in [-0.3, -0.25) is 0 Å². The number of rotatable bonds is 4. The molecule has 0 fully saturated rings. The van der Waals surface area contributed by atoms with E-state index in [2.05, 4.69) is 15.7 Å². The number of nitrogen functional groups attached to an aromatic ring is 1. The van der Waals surface area contributed by atoms with Crippen LogP contribution in [0.1, 0.15) is 5.56 Å². The Hall–Kier alpha value is -1.63. The molecule has 0 radical (unpaired) electrons. The summed E-state index contributed by atoms with van der Waals surface area (Å²) in [6.07, 6.45) is 0. The van der Waals surface area contributed by atoms with Gasteiger partial charge < -0.3 is 10.7 Å². The second-order valence-electron chi connectivity index (χ2n) is 3.88. The first kappa shape index (κ1) is 14.8. The zero-order valence-corrected chi connectivity index (χ0v) is 11.6. The quantitative estimate of drug-likeness (QED) is 0.595. The van der Waals surface area contributed by atoms with E-state index in [0.717, 1.165) is 6.07 Å². The van der Waals surface area contributed by atoms with Crippen molar-refractivity contribution in [3.8, 4) is 0 Å². The molecule has 0 amide bonds. The maximum absolute atomic E-state index is 13.5. The lowest BCUT2D eigenvalue weighted by Gasteiger charge is -2.11. The number of hydrogen-bond donors (Lipinski definition) is 3. The smallest absolute Gasteiger partial charge is 0.161 e. The van der Waals surface area contributed by atoms with Crippen molar-refractivity contribution in [2.24, 2.45) is 5.84 Å². The van der Waals surface area contributed by atoms with Crippen LogP contribution < -0.4 is 16.6 Å². The molecule has 2 aromatic rings. The number of pyridine rings is 1. The Morgan fingerprint density at radius 1 is 1.10 bits per heavy atom. The third-order valence-electron chi connectivity index (χ3n) is 2.53. The van der Waals surface area contributed by atoms with Crippen LogP contribution in [-0.2, 0) is 6.54 Å². The molecule has 0 spiro atoms. The summed E-state index contributed by atoms with van der Waals surface area (Å²) in [6, 6.07) is 4.77. The lowest BCUT2D eigenvalue weighted by Crippen LogP contribution is -2.11. The minimum absolute atomic E-state index is 0.0878. The standard InChI is InChI=1S/C12H10Cl2F2N4/c13-8-4-9(14)12(20-17)19-11(8)18-5-6-1-2-7(15)3-10(6)16/h1-4H,5,17H2,(H2,18,19,20). The van der Waals surface area contributed by atoms with Crippen LogP contribution in [0, 0.1) is 11.6 Å². The third kappa shape index (κ3) is 3.27. The molecule has 8 heteroatoms. The first-order valence-corrected chi connectivity index (χ1v) is 6.27. The van der Waals surface area contributed by atoms with Crippen molar-refractivity contribution in [1.29, 1.82) is 0 Å². The van der Waals surface area contributed by atoms with Gasteiger partial charge in [-0.05, 0) is 12.1 Å². The molecular formula is C12H10Cl2F2N4. The summed E-state index contributed by atoms with van der Waals surface area (Å²) in [5.41, 5.74) is 2.59. The maximum atomic E-state index is 13.5. The molecule has 0 aliphatic heterocycles. The topological polar surface area (TPSA) is 63.0 Å². The highest BCUT2D eigenvalue weighted by molar-refractivity contribution is 6.37. The van der Waals surface area contributed by atoms with E-state index >= 15 is 0 Å². The van der Waals surface area contributed by atoms with Crippen molar-refractivity contribution in [2.45, 2.75) is 6.54 Å². The van der Waals surface area contributed by atoms with Crippen LogP contribution in [-0.4, -0.2) is 4.98 Å². The van der Waals surface area contributed by atoms with Crippen molar-refractivity contribution in [2.75, 3.05) is 10.7 Å². The van der Waals surface area contributed by atoms with E-state index in [0.29, 0.717) is 0 Å². The van der Waals surface area contributed by atoms with Gasteiger partial charge in [-0.15, -0.1) is 0 Å². The normalized spacial score (nSPS) is 10.4. The van der Waals surface area contributed by atoms with Crippen LogP contribution in [0.3, 0.4) is 0 Å². The Bertz CT molecular complexity index is 637. The summed E-state index contributed by atoms with van der Waals surface area (Å²) >= 11 is 11.8. The van der Waals surface area contributed by atoms with Gasteiger partial charge in [0.1, 0.15) is 17.5 Å². The number of halogens is 4. The Balaban J connectivity index is 2.18. The minimum atomic E-state index is -0.653. The Kier molecular flexibility index (Phi) is 4.59. The molecule has 0 bridgehead atoms. The first-order chi connectivity index (χ1) is 9.51. The second-order valence-corrected chi connectivity index (χ2v) is 4.70. The number of benzene rings is 1. The third-order valence-corrected chi connectivity index (χ3v) is 3.10. The minimum Gasteiger partial charge on any atom is -0.365 e. The number of nitrogens with two attached hydrogens (primary N) is 1. The van der Waals surface area contributed by atoms with Crippen LogP contribution in [0.25, 0.3) is 0 Å². The maximum Gasteiger partial charge on any atom is 0.161 e. The van der Waals surface area contributed by atoms with Crippen LogP contribution in [0.15, 0.2) is 24.3 Å². The summed E-state index contributed by atoms with van der Waals surface area (Å²) in [6.45, 7) is 0.0878. The largest absolute Gasteiger partial charge is 0.365 e. The van der Waals surface area contributed by atoms with E-state index in [1.54, 1.807) is 0 Å². The molecule has 0 aliphatic rings. The fourth-order valence-electron chi connectivity index (χ4n) is 1.54. The van der Waals surface area contributed by atoms with Gasteiger partial charge in [0, 0.05) is 18.2 Å². The number of aromatic nitrogens is 1. The molecule has 0 saturated carbocycles. The zero-order chi connectivity index (χ0) is 14.7.